The summed E-state index contributed by atoms with van der Waals surface area (Å²) in [5, 5.41) is 18.9. The Morgan fingerprint density at radius 1 is 1.58 bits per heavy atom. The Bertz CT molecular complexity index is 210. The molecule has 2 rings (SSSR count). The first kappa shape index (κ1) is 8.27. The summed E-state index contributed by atoms with van der Waals surface area (Å²) >= 11 is 0. The first-order chi connectivity index (χ1) is 5.69. The van der Waals surface area contributed by atoms with Crippen LogP contribution in [0.1, 0.15) is 19.8 Å². The Balaban J connectivity index is 2.25. The van der Waals surface area contributed by atoms with Gasteiger partial charge in [0.25, 0.3) is 0 Å². The van der Waals surface area contributed by atoms with Crippen molar-refractivity contribution in [2.75, 3.05) is 6.61 Å². The minimum absolute atomic E-state index is 0.121. The van der Waals surface area contributed by atoms with Gasteiger partial charge in [-0.3, -0.25) is 0 Å². The van der Waals surface area contributed by atoms with E-state index in [1.165, 1.54) is 0 Å². The average molecular weight is 168 g/mol. The lowest BCUT2D eigenvalue weighted by molar-refractivity contribution is -0.0252. The smallest absolute Gasteiger partial charge is 0.0596 e. The molecule has 2 N–H and O–H groups in total. The molecule has 2 aliphatic carbocycles. The normalized spacial score (nSPS) is 46.9. The second-order valence-corrected chi connectivity index (χ2v) is 4.26. The van der Waals surface area contributed by atoms with Gasteiger partial charge in [-0.05, 0) is 31.6 Å². The summed E-state index contributed by atoms with van der Waals surface area (Å²) < 4.78 is 0. The number of allylic oxidation sites excluding steroid dienone is 2. The molecule has 0 heterocycles. The molecule has 68 valence electrons. The van der Waals surface area contributed by atoms with Gasteiger partial charge in [-0.25, -0.2) is 0 Å². The van der Waals surface area contributed by atoms with Crippen molar-refractivity contribution in [3.63, 3.8) is 0 Å². The van der Waals surface area contributed by atoms with Crippen LogP contribution in [0.2, 0.25) is 0 Å². The van der Waals surface area contributed by atoms with Crippen molar-refractivity contribution in [2.24, 2.45) is 17.3 Å². The van der Waals surface area contributed by atoms with Crippen LogP contribution in [0.25, 0.3) is 0 Å². The molecule has 4 atom stereocenters. The molecular formula is C10H16O2. The molecule has 12 heavy (non-hydrogen) atoms. The first-order valence-electron chi connectivity index (χ1n) is 4.66. The number of aliphatic hydroxyl groups excluding tert-OH is 2. The van der Waals surface area contributed by atoms with Gasteiger partial charge in [0.05, 0.1) is 12.7 Å². The Morgan fingerprint density at radius 2 is 2.33 bits per heavy atom. The van der Waals surface area contributed by atoms with Crippen molar-refractivity contribution >= 4 is 0 Å². The number of rotatable bonds is 2. The van der Waals surface area contributed by atoms with E-state index in [1.807, 2.05) is 0 Å². The van der Waals surface area contributed by atoms with Gasteiger partial charge in [-0.15, -0.1) is 0 Å². The van der Waals surface area contributed by atoms with E-state index in [1.54, 1.807) is 6.92 Å². The molecule has 0 aliphatic heterocycles. The summed E-state index contributed by atoms with van der Waals surface area (Å²) in [6, 6.07) is 0. The largest absolute Gasteiger partial charge is 0.396 e. The van der Waals surface area contributed by atoms with Crippen LogP contribution in [0.15, 0.2) is 12.2 Å². The van der Waals surface area contributed by atoms with Crippen molar-refractivity contribution in [1.82, 2.24) is 0 Å². The van der Waals surface area contributed by atoms with E-state index >= 15 is 0 Å². The van der Waals surface area contributed by atoms with Crippen LogP contribution in [-0.4, -0.2) is 22.9 Å². The lowest BCUT2D eigenvalue weighted by Crippen LogP contribution is -2.40. The minimum Gasteiger partial charge on any atom is -0.396 e. The van der Waals surface area contributed by atoms with Gasteiger partial charge >= 0.3 is 0 Å². The first-order valence-corrected chi connectivity index (χ1v) is 4.66. The molecule has 1 fully saturated rings. The topological polar surface area (TPSA) is 40.5 Å². The maximum atomic E-state index is 9.63. The minimum atomic E-state index is -0.387. The SMILES string of the molecule is CC(O)C1(CO)CC2C=CC1C2. The maximum absolute atomic E-state index is 9.63. The van der Waals surface area contributed by atoms with Gasteiger partial charge in [0.15, 0.2) is 0 Å². The van der Waals surface area contributed by atoms with Crippen LogP contribution in [0.4, 0.5) is 0 Å². The zero-order chi connectivity index (χ0) is 8.77. The lowest BCUT2D eigenvalue weighted by atomic mass is 9.72. The van der Waals surface area contributed by atoms with E-state index in [4.69, 9.17) is 0 Å². The Morgan fingerprint density at radius 3 is 2.58 bits per heavy atom. The highest BCUT2D eigenvalue weighted by Crippen LogP contribution is 2.53. The molecule has 4 unspecified atom stereocenters. The van der Waals surface area contributed by atoms with Crippen LogP contribution in [0.3, 0.4) is 0 Å². The number of hydrogen-bond donors (Lipinski definition) is 2. The lowest BCUT2D eigenvalue weighted by Gasteiger charge is -2.36. The van der Waals surface area contributed by atoms with Crippen LogP contribution in [0, 0.1) is 17.3 Å². The van der Waals surface area contributed by atoms with Gasteiger partial charge in [0.1, 0.15) is 0 Å². The fourth-order valence-electron chi connectivity index (χ4n) is 2.79. The second-order valence-electron chi connectivity index (χ2n) is 4.26. The molecule has 0 aromatic heterocycles. The van der Waals surface area contributed by atoms with E-state index < -0.39 is 0 Å². The number of hydrogen-bond acceptors (Lipinski definition) is 2. The molecule has 2 heteroatoms. The van der Waals surface area contributed by atoms with Crippen LogP contribution in [-0.2, 0) is 0 Å². The molecule has 0 saturated heterocycles. The van der Waals surface area contributed by atoms with E-state index in [0.717, 1.165) is 12.8 Å². The number of aliphatic hydroxyl groups is 2. The molecule has 2 aliphatic rings. The van der Waals surface area contributed by atoms with E-state index in [2.05, 4.69) is 12.2 Å². The Kier molecular flexibility index (Phi) is 1.77. The molecule has 0 amide bonds. The zero-order valence-corrected chi connectivity index (χ0v) is 7.40. The van der Waals surface area contributed by atoms with Crippen LogP contribution in [0.5, 0.6) is 0 Å². The van der Waals surface area contributed by atoms with Gasteiger partial charge in [0.2, 0.25) is 0 Å². The summed E-state index contributed by atoms with van der Waals surface area (Å²) in [5.74, 6) is 1.02. The Labute approximate surface area is 72.9 Å². The third-order valence-corrected chi connectivity index (χ3v) is 3.68. The monoisotopic (exact) mass is 168 g/mol. The third-order valence-electron chi connectivity index (χ3n) is 3.68. The highest BCUT2D eigenvalue weighted by atomic mass is 16.3. The highest BCUT2D eigenvalue weighted by Gasteiger charge is 2.50. The van der Waals surface area contributed by atoms with E-state index in [0.29, 0.717) is 11.8 Å². The molecule has 0 spiro atoms. The fourth-order valence-corrected chi connectivity index (χ4v) is 2.79. The van der Waals surface area contributed by atoms with Gasteiger partial charge in [-0.1, -0.05) is 12.2 Å². The molecular weight excluding hydrogens is 152 g/mol. The van der Waals surface area contributed by atoms with Crippen molar-refractivity contribution in [1.29, 1.82) is 0 Å². The summed E-state index contributed by atoms with van der Waals surface area (Å²) in [5.41, 5.74) is -0.223. The molecule has 2 bridgehead atoms. The van der Waals surface area contributed by atoms with Crippen molar-refractivity contribution in [3.8, 4) is 0 Å². The molecule has 0 aromatic carbocycles. The van der Waals surface area contributed by atoms with Crippen molar-refractivity contribution in [3.05, 3.63) is 12.2 Å². The zero-order valence-electron chi connectivity index (χ0n) is 7.40. The van der Waals surface area contributed by atoms with Gasteiger partial charge in [0, 0.05) is 5.41 Å². The summed E-state index contributed by atoms with van der Waals surface area (Å²) in [6.07, 6.45) is 6.09. The number of fused-ring (bicyclic) bond motifs is 2. The maximum Gasteiger partial charge on any atom is 0.0596 e. The summed E-state index contributed by atoms with van der Waals surface area (Å²) in [6.45, 7) is 1.92. The standard InChI is InChI=1S/C10H16O2/c1-7(12)10(6-11)5-8-2-3-9(10)4-8/h2-3,7-9,11-12H,4-6H2,1H3. The predicted molar refractivity (Wildman–Crippen MR) is 46.6 cm³/mol. The Hall–Kier alpha value is -0.340. The van der Waals surface area contributed by atoms with Crippen molar-refractivity contribution in [2.45, 2.75) is 25.9 Å². The molecule has 2 nitrogen and oxygen atoms in total. The van der Waals surface area contributed by atoms with Gasteiger partial charge < -0.3 is 10.2 Å². The van der Waals surface area contributed by atoms with Crippen LogP contribution >= 0.6 is 0 Å². The van der Waals surface area contributed by atoms with Gasteiger partial charge in [-0.2, -0.15) is 0 Å². The van der Waals surface area contributed by atoms with Crippen LogP contribution < -0.4 is 0 Å². The molecule has 0 aromatic rings. The van der Waals surface area contributed by atoms with Crippen molar-refractivity contribution < 1.29 is 10.2 Å². The predicted octanol–water partition coefficient (Wildman–Crippen LogP) is 0.942. The summed E-state index contributed by atoms with van der Waals surface area (Å²) in [7, 11) is 0. The van der Waals surface area contributed by atoms with E-state index in [-0.39, 0.29) is 18.1 Å². The third kappa shape index (κ3) is 0.882. The second kappa shape index (κ2) is 2.57. The average Bonchev–Trinajstić information content (AvgIpc) is 2.62. The van der Waals surface area contributed by atoms with E-state index in [9.17, 15) is 10.2 Å². The molecule has 0 radical (unpaired) electrons. The summed E-state index contributed by atoms with van der Waals surface area (Å²) in [4.78, 5) is 0. The molecule has 1 saturated carbocycles. The quantitative estimate of drug-likeness (QED) is 0.602. The fraction of sp³-hybridized carbons (Fsp3) is 0.800. The highest BCUT2D eigenvalue weighted by molar-refractivity contribution is 5.16.